The van der Waals surface area contributed by atoms with Gasteiger partial charge in [-0.1, -0.05) is 13.8 Å². The molecule has 4 fully saturated rings. The average Bonchev–Trinajstić information content (AvgIpc) is 3.05. The van der Waals surface area contributed by atoms with Crippen LogP contribution in [0.4, 0.5) is 0 Å². The molecule has 0 saturated carbocycles. The zero-order valence-corrected chi connectivity index (χ0v) is 25.6. The van der Waals surface area contributed by atoms with E-state index in [-0.39, 0.29) is 0 Å². The molecule has 0 aromatic heterocycles. The summed E-state index contributed by atoms with van der Waals surface area (Å²) in [4.78, 5) is 0. The van der Waals surface area contributed by atoms with E-state index in [9.17, 15) is 66.4 Å². The van der Waals surface area contributed by atoms with Crippen LogP contribution in [0.3, 0.4) is 0 Å². The van der Waals surface area contributed by atoms with Gasteiger partial charge in [0.1, 0.15) is 97.7 Å². The molecule has 4 aliphatic rings. The lowest BCUT2D eigenvalue weighted by Crippen LogP contribution is -2.68. The van der Waals surface area contributed by atoms with Crippen LogP contribution < -0.4 is 0 Å². The Balaban J connectivity index is 1.51. The van der Waals surface area contributed by atoms with Crippen LogP contribution in [-0.4, -0.2) is 215 Å². The first-order chi connectivity index (χ1) is 22.2. The fourth-order valence-electron chi connectivity index (χ4n) is 6.12. The summed E-state index contributed by atoms with van der Waals surface area (Å²) in [5.41, 5.74) is 0. The standard InChI is InChI=1S/C27H48O20/c1-7(2)21-24(20(40)23(10(5-30)41-21)46-26-18(38)15(35)13(33)9(4-29)43-26)47-27-19(39)16(36)22(11(6-31)44-27)45-25-17(37)14(34)12(32)8(3-28)42-25/h7-40H,3-6H2,1-2H3/t8-,9-,10-,11-,12-,13-,14+,15+,16-,17-,18-,19-,20+,21+,22-,23-,24-,25+,26+,27+/m1/s1. The van der Waals surface area contributed by atoms with Gasteiger partial charge in [0.2, 0.25) is 0 Å². The maximum atomic E-state index is 11.5. The molecule has 4 heterocycles. The van der Waals surface area contributed by atoms with Gasteiger partial charge in [-0.25, -0.2) is 0 Å². The van der Waals surface area contributed by atoms with Gasteiger partial charge in [0.25, 0.3) is 0 Å². The lowest BCUT2D eigenvalue weighted by Gasteiger charge is -2.50. The lowest BCUT2D eigenvalue weighted by atomic mass is 9.88. The Bertz CT molecular complexity index is 957. The summed E-state index contributed by atoms with van der Waals surface area (Å²) >= 11 is 0. The zero-order valence-electron chi connectivity index (χ0n) is 25.6. The van der Waals surface area contributed by atoms with E-state index in [1.54, 1.807) is 13.8 Å². The van der Waals surface area contributed by atoms with Crippen molar-refractivity contribution in [1.29, 1.82) is 0 Å². The number of aliphatic hydroxyl groups is 13. The van der Waals surface area contributed by atoms with E-state index in [2.05, 4.69) is 0 Å². The minimum atomic E-state index is -1.95. The third kappa shape index (κ3) is 7.92. The maximum Gasteiger partial charge on any atom is 0.187 e. The van der Waals surface area contributed by atoms with E-state index in [1.807, 2.05) is 0 Å². The summed E-state index contributed by atoms with van der Waals surface area (Å²) in [7, 11) is 0. The zero-order chi connectivity index (χ0) is 34.9. The molecule has 0 radical (unpaired) electrons. The first kappa shape index (κ1) is 39.0. The van der Waals surface area contributed by atoms with Gasteiger partial charge >= 0.3 is 0 Å². The van der Waals surface area contributed by atoms with Gasteiger partial charge in [0.05, 0.1) is 32.5 Å². The van der Waals surface area contributed by atoms with Crippen LogP contribution in [0.5, 0.6) is 0 Å². The van der Waals surface area contributed by atoms with Crippen molar-refractivity contribution in [2.45, 2.75) is 136 Å². The Labute approximate surface area is 268 Å². The molecule has 276 valence electrons. The molecule has 0 aromatic rings. The summed E-state index contributed by atoms with van der Waals surface area (Å²) < 4.78 is 39.5. The third-order valence-corrected chi connectivity index (χ3v) is 8.92. The number of aliphatic hydroxyl groups excluding tert-OH is 13. The minimum Gasteiger partial charge on any atom is -0.394 e. The highest BCUT2D eigenvalue weighted by Crippen LogP contribution is 2.36. The smallest absolute Gasteiger partial charge is 0.187 e. The summed E-state index contributed by atoms with van der Waals surface area (Å²) in [6.45, 7) is 0.297. The highest BCUT2D eigenvalue weighted by molar-refractivity contribution is 4.99. The van der Waals surface area contributed by atoms with Gasteiger partial charge in [0, 0.05) is 0 Å². The fraction of sp³-hybridized carbons (Fsp3) is 1.00. The summed E-state index contributed by atoms with van der Waals surface area (Å²) in [5, 5.41) is 134. The Morgan fingerprint density at radius 1 is 0.404 bits per heavy atom. The van der Waals surface area contributed by atoms with E-state index in [0.29, 0.717) is 0 Å². The van der Waals surface area contributed by atoms with Gasteiger partial charge < -0.3 is 99.5 Å². The van der Waals surface area contributed by atoms with Crippen LogP contribution in [0, 0.1) is 5.92 Å². The molecule has 0 spiro atoms. The molecule has 20 heteroatoms. The highest BCUT2D eigenvalue weighted by atomic mass is 16.8. The molecule has 20 atom stereocenters. The van der Waals surface area contributed by atoms with Crippen molar-refractivity contribution in [2.75, 3.05) is 26.4 Å². The molecule has 0 aromatic carbocycles. The van der Waals surface area contributed by atoms with Crippen molar-refractivity contribution in [1.82, 2.24) is 0 Å². The van der Waals surface area contributed by atoms with Crippen molar-refractivity contribution >= 4 is 0 Å². The highest BCUT2D eigenvalue weighted by Gasteiger charge is 2.55. The van der Waals surface area contributed by atoms with Crippen molar-refractivity contribution in [3.8, 4) is 0 Å². The van der Waals surface area contributed by atoms with Crippen LogP contribution in [0.1, 0.15) is 13.8 Å². The number of hydrogen-bond acceptors (Lipinski definition) is 20. The average molecular weight is 693 g/mol. The molecule has 0 aliphatic carbocycles. The molecule has 47 heavy (non-hydrogen) atoms. The first-order valence-electron chi connectivity index (χ1n) is 15.3. The Morgan fingerprint density at radius 3 is 1.15 bits per heavy atom. The number of ether oxygens (including phenoxy) is 7. The summed E-state index contributed by atoms with van der Waals surface area (Å²) in [5.74, 6) is -0.418. The second-order valence-corrected chi connectivity index (χ2v) is 12.5. The van der Waals surface area contributed by atoms with Gasteiger partial charge in [-0.05, 0) is 5.92 Å². The largest absolute Gasteiger partial charge is 0.394 e. The topological polar surface area (TPSA) is 328 Å². The van der Waals surface area contributed by atoms with Gasteiger partial charge in [-0.2, -0.15) is 0 Å². The molecule has 13 N–H and O–H groups in total. The van der Waals surface area contributed by atoms with E-state index >= 15 is 0 Å². The second kappa shape index (κ2) is 16.5. The van der Waals surface area contributed by atoms with Gasteiger partial charge in [0.15, 0.2) is 18.9 Å². The van der Waals surface area contributed by atoms with Gasteiger partial charge in [-0.15, -0.1) is 0 Å². The number of rotatable bonds is 11. The fourth-order valence-corrected chi connectivity index (χ4v) is 6.12. The molecule has 4 aliphatic heterocycles. The van der Waals surface area contributed by atoms with Crippen LogP contribution in [0.15, 0.2) is 0 Å². The van der Waals surface area contributed by atoms with Crippen molar-refractivity contribution in [3.63, 3.8) is 0 Å². The molecule has 4 rings (SSSR count). The van der Waals surface area contributed by atoms with Crippen LogP contribution >= 0.6 is 0 Å². The second-order valence-electron chi connectivity index (χ2n) is 12.5. The van der Waals surface area contributed by atoms with Crippen LogP contribution in [0.2, 0.25) is 0 Å². The normalized spacial score (nSPS) is 51.3. The molecule has 0 bridgehead atoms. The predicted octanol–water partition coefficient (Wildman–Crippen LogP) is -8.04. The SMILES string of the molecule is CC(C)[C@@H]1O[C@H](CO)[C@@H](O[C@@H]2O[C@H](CO)[C@@H](O)[C@H](O)[C@H]2O)[C@H](O)[C@H]1O[C@@H]1O[C@H](CO)[C@@H](O[C@@H]2O[C@H](CO)[C@@H](O)[C@H](O)[C@H]2O)[C@H](O)[C@H]1O. The van der Waals surface area contributed by atoms with Crippen LogP contribution in [0.25, 0.3) is 0 Å². The first-order valence-corrected chi connectivity index (χ1v) is 15.3. The Morgan fingerprint density at radius 2 is 0.745 bits per heavy atom. The quantitative estimate of drug-likeness (QED) is 0.0956. The van der Waals surface area contributed by atoms with Crippen molar-refractivity contribution in [2.24, 2.45) is 5.92 Å². The monoisotopic (exact) mass is 692 g/mol. The van der Waals surface area contributed by atoms with E-state index < -0.39 is 155 Å². The molecule has 0 amide bonds. The minimum absolute atomic E-state index is 0.418. The van der Waals surface area contributed by atoms with E-state index in [0.717, 1.165) is 0 Å². The third-order valence-electron chi connectivity index (χ3n) is 8.92. The molecule has 0 unspecified atom stereocenters. The molecule has 4 saturated heterocycles. The van der Waals surface area contributed by atoms with E-state index in [1.165, 1.54) is 0 Å². The molecular formula is C27H48O20. The summed E-state index contributed by atoms with van der Waals surface area (Å²) in [6, 6.07) is 0. The van der Waals surface area contributed by atoms with Gasteiger partial charge in [-0.3, -0.25) is 0 Å². The predicted molar refractivity (Wildman–Crippen MR) is 147 cm³/mol. The maximum absolute atomic E-state index is 11.5. The summed E-state index contributed by atoms with van der Waals surface area (Å²) in [6.07, 6.45) is -32.6. The lowest BCUT2D eigenvalue weighted by molar-refractivity contribution is -0.381. The molecule has 20 nitrogen and oxygen atoms in total. The van der Waals surface area contributed by atoms with Crippen LogP contribution in [-0.2, 0) is 33.2 Å². The Hall–Kier alpha value is -0.800. The molecular weight excluding hydrogens is 644 g/mol. The van der Waals surface area contributed by atoms with Crippen molar-refractivity contribution in [3.05, 3.63) is 0 Å². The van der Waals surface area contributed by atoms with E-state index in [4.69, 9.17) is 33.2 Å². The van der Waals surface area contributed by atoms with Crippen molar-refractivity contribution < 1.29 is 99.5 Å². The number of hydrogen-bond donors (Lipinski definition) is 13. The Kier molecular flexibility index (Phi) is 13.7.